The fourth-order valence-corrected chi connectivity index (χ4v) is 3.62. The molecule has 1 aromatic carbocycles. The Kier molecular flexibility index (Phi) is 33.9. The summed E-state index contributed by atoms with van der Waals surface area (Å²) in [4.78, 5) is 11.5. The van der Waals surface area contributed by atoms with Gasteiger partial charge in [0.1, 0.15) is 19.0 Å². The molecule has 0 aliphatic rings. The molecule has 0 bridgehead atoms. The molecule has 0 amide bonds. The first-order valence-electron chi connectivity index (χ1n) is 16.9. The maximum Gasteiger partial charge on any atom is 0.305 e. The molecule has 0 fully saturated rings. The van der Waals surface area contributed by atoms with Crippen molar-refractivity contribution in [3.05, 3.63) is 30.3 Å². The number of rotatable bonds is 38. The van der Waals surface area contributed by atoms with Gasteiger partial charge in [0.2, 0.25) is 0 Å². The summed E-state index contributed by atoms with van der Waals surface area (Å²) < 4.78 is 65.3. The molecule has 0 saturated carbocycles. The van der Waals surface area contributed by atoms with Gasteiger partial charge in [0.05, 0.1) is 132 Å². The molecule has 0 unspecified atom stereocenters. The van der Waals surface area contributed by atoms with Gasteiger partial charge >= 0.3 is 5.97 Å². The van der Waals surface area contributed by atoms with Crippen molar-refractivity contribution < 1.29 is 61.6 Å². The van der Waals surface area contributed by atoms with E-state index in [2.05, 4.69) is 6.92 Å². The number of carbonyl (C=O) groups is 1. The van der Waals surface area contributed by atoms with Gasteiger partial charge in [-0.05, 0) is 18.6 Å². The van der Waals surface area contributed by atoms with Gasteiger partial charge in [0, 0.05) is 6.42 Å². The van der Waals surface area contributed by atoms with E-state index in [0.717, 1.165) is 25.0 Å². The number of unbranched alkanes of at least 4 members (excludes halogenated alkanes) is 2. The normalized spacial score (nSPS) is 11.3. The third-order valence-corrected chi connectivity index (χ3v) is 6.06. The highest BCUT2D eigenvalue weighted by Gasteiger charge is 2.02. The van der Waals surface area contributed by atoms with Gasteiger partial charge in [-0.3, -0.25) is 4.79 Å². The lowest BCUT2D eigenvalue weighted by Gasteiger charge is -2.09. The molecule has 0 aromatic heterocycles. The second-order valence-electron chi connectivity index (χ2n) is 9.96. The number of para-hydroxylation sites is 1. The minimum atomic E-state index is -0.160. The summed E-state index contributed by atoms with van der Waals surface area (Å²) in [6.45, 7) is 12.8. The van der Waals surface area contributed by atoms with E-state index in [0.29, 0.717) is 145 Å². The molecular weight excluding hydrogens is 616 g/mol. The number of esters is 1. The maximum atomic E-state index is 11.5. The maximum absolute atomic E-state index is 11.5. The molecule has 0 N–H and O–H groups in total. The highest BCUT2D eigenvalue weighted by molar-refractivity contribution is 5.69. The van der Waals surface area contributed by atoms with E-state index in [1.165, 1.54) is 0 Å². The van der Waals surface area contributed by atoms with Crippen molar-refractivity contribution >= 4 is 5.97 Å². The zero-order valence-electron chi connectivity index (χ0n) is 28.6. The average Bonchev–Trinajstić information content (AvgIpc) is 3.09. The Hall–Kier alpha value is -1.91. The van der Waals surface area contributed by atoms with Crippen molar-refractivity contribution in [2.75, 3.05) is 145 Å². The fraction of sp³-hybridized carbons (Fsp3) is 0.794. The summed E-state index contributed by atoms with van der Waals surface area (Å²) in [6.07, 6.45) is 3.49. The van der Waals surface area contributed by atoms with Crippen LogP contribution in [0.25, 0.3) is 0 Å². The molecule has 47 heavy (non-hydrogen) atoms. The number of hydrogen-bond acceptors (Lipinski definition) is 13. The molecule has 13 heteroatoms. The zero-order valence-corrected chi connectivity index (χ0v) is 28.6. The Balaban J connectivity index is 1.62. The van der Waals surface area contributed by atoms with Crippen LogP contribution in [0.2, 0.25) is 0 Å². The van der Waals surface area contributed by atoms with Crippen LogP contribution in [0.5, 0.6) is 5.75 Å². The topological polar surface area (TPSA) is 128 Å². The lowest BCUT2D eigenvalue weighted by Crippen LogP contribution is -2.15. The van der Waals surface area contributed by atoms with Crippen molar-refractivity contribution in [2.45, 2.75) is 32.6 Å². The molecule has 0 radical (unpaired) electrons. The van der Waals surface area contributed by atoms with Gasteiger partial charge in [0.25, 0.3) is 0 Å². The SMILES string of the molecule is CCCCCC(=O)OCCOCCOCCOCCOCCOCCOCCOCCOCCOCCOCCOc1ccccc1. The quantitative estimate of drug-likeness (QED) is 0.0751. The zero-order chi connectivity index (χ0) is 33.6. The molecule has 0 saturated heterocycles. The summed E-state index contributed by atoms with van der Waals surface area (Å²) in [7, 11) is 0. The van der Waals surface area contributed by atoms with Gasteiger partial charge < -0.3 is 56.8 Å². The molecule has 0 aliphatic heterocycles. The van der Waals surface area contributed by atoms with Crippen molar-refractivity contribution in [1.82, 2.24) is 0 Å². The Morgan fingerprint density at radius 1 is 0.426 bits per heavy atom. The number of ether oxygens (including phenoxy) is 12. The number of hydrogen-bond donors (Lipinski definition) is 0. The first kappa shape index (κ1) is 43.1. The minimum absolute atomic E-state index is 0.160. The van der Waals surface area contributed by atoms with Crippen LogP contribution in [-0.2, 0) is 56.9 Å². The fourth-order valence-electron chi connectivity index (χ4n) is 3.62. The van der Waals surface area contributed by atoms with E-state index >= 15 is 0 Å². The molecule has 0 heterocycles. The van der Waals surface area contributed by atoms with Gasteiger partial charge in [0.15, 0.2) is 0 Å². The largest absolute Gasteiger partial charge is 0.491 e. The molecule has 1 aromatic rings. The molecule has 274 valence electrons. The van der Waals surface area contributed by atoms with Crippen LogP contribution < -0.4 is 4.74 Å². The highest BCUT2D eigenvalue weighted by atomic mass is 16.6. The monoisotopic (exact) mass is 676 g/mol. The molecular formula is C34H60O13. The predicted octanol–water partition coefficient (Wildman–Crippen LogP) is 3.35. The van der Waals surface area contributed by atoms with Crippen LogP contribution in [0, 0.1) is 0 Å². The van der Waals surface area contributed by atoms with Gasteiger partial charge in [-0.25, -0.2) is 0 Å². The second-order valence-corrected chi connectivity index (χ2v) is 9.96. The van der Waals surface area contributed by atoms with E-state index < -0.39 is 0 Å². The third kappa shape index (κ3) is 33.8. The first-order chi connectivity index (χ1) is 23.3. The summed E-state index contributed by atoms with van der Waals surface area (Å²) in [5, 5.41) is 0. The van der Waals surface area contributed by atoms with Gasteiger partial charge in [-0.1, -0.05) is 38.0 Å². The Morgan fingerprint density at radius 3 is 1.09 bits per heavy atom. The summed E-state index contributed by atoms with van der Waals surface area (Å²) in [5.74, 6) is 0.682. The van der Waals surface area contributed by atoms with Crippen molar-refractivity contribution in [3.63, 3.8) is 0 Å². The van der Waals surface area contributed by atoms with Crippen molar-refractivity contribution in [2.24, 2.45) is 0 Å². The average molecular weight is 677 g/mol. The Labute approximate surface area is 281 Å². The molecule has 13 nitrogen and oxygen atoms in total. The van der Waals surface area contributed by atoms with Crippen LogP contribution in [0.4, 0.5) is 0 Å². The summed E-state index contributed by atoms with van der Waals surface area (Å²) in [5.41, 5.74) is 0. The molecule has 1 rings (SSSR count). The third-order valence-electron chi connectivity index (χ3n) is 6.06. The molecule has 0 atom stereocenters. The van der Waals surface area contributed by atoms with E-state index in [1.807, 2.05) is 30.3 Å². The smallest absolute Gasteiger partial charge is 0.305 e. The van der Waals surface area contributed by atoms with Crippen molar-refractivity contribution in [1.29, 1.82) is 0 Å². The van der Waals surface area contributed by atoms with Crippen LogP contribution in [-0.4, -0.2) is 151 Å². The Morgan fingerprint density at radius 2 is 0.745 bits per heavy atom. The van der Waals surface area contributed by atoms with E-state index in [-0.39, 0.29) is 12.6 Å². The van der Waals surface area contributed by atoms with Crippen LogP contribution in [0.3, 0.4) is 0 Å². The lowest BCUT2D eigenvalue weighted by molar-refractivity contribution is -0.145. The highest BCUT2D eigenvalue weighted by Crippen LogP contribution is 2.07. The van der Waals surface area contributed by atoms with Gasteiger partial charge in [-0.15, -0.1) is 0 Å². The van der Waals surface area contributed by atoms with E-state index in [4.69, 9.17) is 56.8 Å². The number of benzene rings is 1. The number of carbonyl (C=O) groups excluding carboxylic acids is 1. The van der Waals surface area contributed by atoms with E-state index in [9.17, 15) is 4.79 Å². The second kappa shape index (κ2) is 36.9. The van der Waals surface area contributed by atoms with Crippen LogP contribution >= 0.6 is 0 Å². The van der Waals surface area contributed by atoms with Gasteiger partial charge in [-0.2, -0.15) is 0 Å². The van der Waals surface area contributed by atoms with Crippen molar-refractivity contribution in [3.8, 4) is 5.75 Å². The molecule has 0 aliphatic carbocycles. The predicted molar refractivity (Wildman–Crippen MR) is 175 cm³/mol. The lowest BCUT2D eigenvalue weighted by atomic mass is 10.2. The van der Waals surface area contributed by atoms with Crippen LogP contribution in [0.1, 0.15) is 32.6 Å². The minimum Gasteiger partial charge on any atom is -0.491 e. The summed E-state index contributed by atoms with van der Waals surface area (Å²) in [6, 6.07) is 9.66. The first-order valence-corrected chi connectivity index (χ1v) is 16.9. The molecule has 0 spiro atoms. The standard InChI is InChI=1S/C34H60O13/c1-2-3-5-10-34(35)47-32-30-45-28-26-43-24-22-41-20-18-39-16-14-37-12-11-36-13-15-38-17-19-40-21-23-42-25-27-44-29-31-46-33-8-6-4-7-9-33/h4,6-9H,2-3,5,10-32H2,1H3. The summed E-state index contributed by atoms with van der Waals surface area (Å²) >= 11 is 0. The van der Waals surface area contributed by atoms with Crippen LogP contribution in [0.15, 0.2) is 30.3 Å². The Bertz CT molecular complexity index is 757. The van der Waals surface area contributed by atoms with E-state index in [1.54, 1.807) is 0 Å².